The van der Waals surface area contributed by atoms with Crippen LogP contribution in [-0.4, -0.2) is 29.3 Å². The highest BCUT2D eigenvalue weighted by Crippen LogP contribution is 2.38. The Hall–Kier alpha value is -2.47. The Morgan fingerprint density at radius 2 is 2.00 bits per heavy atom. The zero-order valence-corrected chi connectivity index (χ0v) is 14.6. The number of benzene rings is 2. The van der Waals surface area contributed by atoms with Crippen molar-refractivity contribution in [3.8, 4) is 5.75 Å². The first kappa shape index (κ1) is 17.4. The Bertz CT molecular complexity index is 789. The summed E-state index contributed by atoms with van der Waals surface area (Å²) in [5, 5.41) is 11.7. The molecule has 1 aliphatic rings. The van der Waals surface area contributed by atoms with Gasteiger partial charge in [0.25, 0.3) is 0 Å². The number of amides is 1. The van der Waals surface area contributed by atoms with E-state index in [1.807, 2.05) is 24.3 Å². The number of hydrogen-bond acceptors (Lipinski definition) is 4. The van der Waals surface area contributed by atoms with Crippen molar-refractivity contribution in [2.24, 2.45) is 0 Å². The molecule has 0 aromatic heterocycles. The summed E-state index contributed by atoms with van der Waals surface area (Å²) < 4.78 is 5.15. The Morgan fingerprint density at radius 1 is 1.24 bits per heavy atom. The van der Waals surface area contributed by atoms with E-state index in [0.717, 1.165) is 29.9 Å². The van der Waals surface area contributed by atoms with Gasteiger partial charge in [0.1, 0.15) is 5.75 Å². The number of aryl methyl sites for hydroxylation is 1. The Kier molecular flexibility index (Phi) is 5.28. The number of aromatic carboxylic acids is 1. The van der Waals surface area contributed by atoms with E-state index < -0.39 is 5.97 Å². The first-order valence-corrected chi connectivity index (χ1v) is 8.92. The number of carbonyl (C=O) groups excluding carboxylic acids is 1. The van der Waals surface area contributed by atoms with Crippen molar-refractivity contribution in [3.05, 3.63) is 53.6 Å². The third-order valence-corrected chi connectivity index (χ3v) is 5.48. The molecular formula is C19H19NO4S. The molecule has 0 bridgehead atoms. The molecule has 0 saturated heterocycles. The van der Waals surface area contributed by atoms with E-state index in [4.69, 9.17) is 9.84 Å². The molecule has 0 spiro atoms. The number of carboxylic acid groups (broad SMARTS) is 1. The highest BCUT2D eigenvalue weighted by atomic mass is 32.2. The minimum atomic E-state index is -0.997. The van der Waals surface area contributed by atoms with Crippen LogP contribution in [0, 0.1) is 0 Å². The molecule has 2 aromatic rings. The molecule has 1 aliphatic heterocycles. The van der Waals surface area contributed by atoms with Gasteiger partial charge in [0.05, 0.1) is 23.6 Å². The van der Waals surface area contributed by atoms with Gasteiger partial charge in [-0.05, 0) is 55.2 Å². The molecule has 2 N–H and O–H groups in total. The fourth-order valence-electron chi connectivity index (χ4n) is 2.76. The normalized spacial score (nSPS) is 16.0. The summed E-state index contributed by atoms with van der Waals surface area (Å²) in [5.74, 6) is -0.221. The molecule has 1 atom stereocenters. The van der Waals surface area contributed by atoms with Gasteiger partial charge in [-0.25, -0.2) is 4.79 Å². The Morgan fingerprint density at radius 3 is 2.68 bits per heavy atom. The maximum absolute atomic E-state index is 12.3. The van der Waals surface area contributed by atoms with E-state index >= 15 is 0 Å². The van der Waals surface area contributed by atoms with Gasteiger partial charge in [-0.15, -0.1) is 11.8 Å². The summed E-state index contributed by atoms with van der Waals surface area (Å²) in [6, 6.07) is 12.8. The lowest BCUT2D eigenvalue weighted by atomic mass is 10.1. The number of methoxy groups -OCH3 is 1. The van der Waals surface area contributed by atoms with Crippen molar-refractivity contribution in [1.29, 1.82) is 0 Å². The molecule has 1 unspecified atom stereocenters. The van der Waals surface area contributed by atoms with Crippen LogP contribution in [0.5, 0.6) is 5.75 Å². The third-order valence-electron chi connectivity index (χ3n) is 4.14. The van der Waals surface area contributed by atoms with Crippen LogP contribution < -0.4 is 10.1 Å². The predicted octanol–water partition coefficient (Wildman–Crippen LogP) is 3.83. The zero-order chi connectivity index (χ0) is 17.8. The summed E-state index contributed by atoms with van der Waals surface area (Å²) >= 11 is 1.50. The van der Waals surface area contributed by atoms with E-state index in [2.05, 4.69) is 5.32 Å². The lowest BCUT2D eigenvalue weighted by Crippen LogP contribution is -2.29. The third kappa shape index (κ3) is 4.14. The standard InChI is InChI=1S/C19H19NO4S/c1-24-14-8-5-12(6-9-14)3-2-4-17-18(21)20-15-11-13(19(22)23)7-10-16(15)25-17/h5-11,17H,2-4H2,1H3,(H,20,21)(H,22,23). The molecule has 1 heterocycles. The van der Waals surface area contributed by atoms with E-state index in [1.54, 1.807) is 19.2 Å². The monoisotopic (exact) mass is 357 g/mol. The van der Waals surface area contributed by atoms with Crippen LogP contribution in [0.25, 0.3) is 0 Å². The van der Waals surface area contributed by atoms with Crippen molar-refractivity contribution in [2.75, 3.05) is 12.4 Å². The number of nitrogens with one attached hydrogen (secondary N) is 1. The van der Waals surface area contributed by atoms with Crippen LogP contribution in [0.1, 0.15) is 28.8 Å². The number of carboxylic acids is 1. The van der Waals surface area contributed by atoms with E-state index in [1.165, 1.54) is 23.4 Å². The summed E-state index contributed by atoms with van der Waals surface area (Å²) in [6.45, 7) is 0. The topological polar surface area (TPSA) is 75.6 Å². The van der Waals surface area contributed by atoms with Gasteiger partial charge in [0.15, 0.2) is 0 Å². The summed E-state index contributed by atoms with van der Waals surface area (Å²) in [5.41, 5.74) is 1.98. The smallest absolute Gasteiger partial charge is 0.335 e. The second kappa shape index (κ2) is 7.61. The number of carbonyl (C=O) groups is 2. The fourth-order valence-corrected chi connectivity index (χ4v) is 3.90. The lowest BCUT2D eigenvalue weighted by molar-refractivity contribution is -0.115. The van der Waals surface area contributed by atoms with Crippen molar-refractivity contribution in [1.82, 2.24) is 0 Å². The highest BCUT2D eigenvalue weighted by molar-refractivity contribution is 8.01. The van der Waals surface area contributed by atoms with Crippen molar-refractivity contribution in [3.63, 3.8) is 0 Å². The zero-order valence-electron chi connectivity index (χ0n) is 13.8. The fraction of sp³-hybridized carbons (Fsp3) is 0.263. The number of fused-ring (bicyclic) bond motifs is 1. The van der Waals surface area contributed by atoms with Crippen molar-refractivity contribution in [2.45, 2.75) is 29.4 Å². The van der Waals surface area contributed by atoms with Gasteiger partial charge in [0.2, 0.25) is 5.91 Å². The lowest BCUT2D eigenvalue weighted by Gasteiger charge is -2.24. The number of rotatable bonds is 6. The molecule has 2 aromatic carbocycles. The van der Waals surface area contributed by atoms with Crippen LogP contribution in [-0.2, 0) is 11.2 Å². The molecule has 130 valence electrons. The number of ether oxygens (including phenoxy) is 1. The first-order chi connectivity index (χ1) is 12.1. The largest absolute Gasteiger partial charge is 0.497 e. The Labute approximate surface area is 150 Å². The minimum absolute atomic E-state index is 0.0604. The van der Waals surface area contributed by atoms with Gasteiger partial charge < -0.3 is 15.2 Å². The second-order valence-electron chi connectivity index (χ2n) is 5.85. The molecule has 3 rings (SSSR count). The minimum Gasteiger partial charge on any atom is -0.497 e. The first-order valence-electron chi connectivity index (χ1n) is 8.04. The number of hydrogen-bond donors (Lipinski definition) is 2. The van der Waals surface area contributed by atoms with Gasteiger partial charge >= 0.3 is 5.97 Å². The van der Waals surface area contributed by atoms with Crippen LogP contribution in [0.2, 0.25) is 0 Å². The maximum atomic E-state index is 12.3. The highest BCUT2D eigenvalue weighted by Gasteiger charge is 2.27. The molecule has 0 radical (unpaired) electrons. The van der Waals surface area contributed by atoms with Crippen molar-refractivity contribution >= 4 is 29.3 Å². The van der Waals surface area contributed by atoms with Gasteiger partial charge in [0, 0.05) is 4.90 Å². The number of anilines is 1. The van der Waals surface area contributed by atoms with E-state index in [9.17, 15) is 9.59 Å². The van der Waals surface area contributed by atoms with Gasteiger partial charge in [-0.2, -0.15) is 0 Å². The Balaban J connectivity index is 1.58. The summed E-state index contributed by atoms with van der Waals surface area (Å²) in [4.78, 5) is 24.2. The summed E-state index contributed by atoms with van der Waals surface area (Å²) in [7, 11) is 1.64. The van der Waals surface area contributed by atoms with Crippen LogP contribution in [0.4, 0.5) is 5.69 Å². The molecule has 5 nitrogen and oxygen atoms in total. The van der Waals surface area contributed by atoms with E-state index in [0.29, 0.717) is 5.69 Å². The van der Waals surface area contributed by atoms with Crippen LogP contribution in [0.3, 0.4) is 0 Å². The maximum Gasteiger partial charge on any atom is 0.335 e. The van der Waals surface area contributed by atoms with Gasteiger partial charge in [-0.3, -0.25) is 4.79 Å². The summed E-state index contributed by atoms with van der Waals surface area (Å²) in [6.07, 6.45) is 2.57. The van der Waals surface area contributed by atoms with Crippen LogP contribution in [0.15, 0.2) is 47.4 Å². The van der Waals surface area contributed by atoms with Crippen LogP contribution >= 0.6 is 11.8 Å². The van der Waals surface area contributed by atoms with Gasteiger partial charge in [-0.1, -0.05) is 12.1 Å². The molecule has 0 fully saturated rings. The van der Waals surface area contributed by atoms with Crippen molar-refractivity contribution < 1.29 is 19.4 Å². The molecule has 0 saturated carbocycles. The molecule has 1 amide bonds. The predicted molar refractivity (Wildman–Crippen MR) is 97.6 cm³/mol. The molecule has 0 aliphatic carbocycles. The van der Waals surface area contributed by atoms with E-state index in [-0.39, 0.29) is 16.7 Å². The quantitative estimate of drug-likeness (QED) is 0.822. The molecule has 6 heteroatoms. The average Bonchev–Trinajstić information content (AvgIpc) is 2.62. The SMILES string of the molecule is COc1ccc(CCCC2Sc3ccc(C(=O)O)cc3NC2=O)cc1. The molecular weight excluding hydrogens is 338 g/mol. The number of thioether (sulfide) groups is 1. The second-order valence-corrected chi connectivity index (χ2v) is 7.10. The molecule has 25 heavy (non-hydrogen) atoms. The average molecular weight is 357 g/mol.